The molecule has 2 amide bonds. The van der Waals surface area contributed by atoms with Crippen LogP contribution in [0.4, 0.5) is 0 Å². The molecule has 4 heteroatoms. The molecule has 1 heterocycles. The fraction of sp³-hybridized carbons (Fsp3) is 0.833. The molecule has 0 aromatic heterocycles. The molecule has 1 fully saturated rings. The highest BCUT2D eigenvalue weighted by molar-refractivity contribution is 5.96. The van der Waals surface area contributed by atoms with Gasteiger partial charge in [0, 0.05) is 6.54 Å². The largest absolute Gasteiger partial charge is 0.343 e. The third-order valence-electron chi connectivity index (χ3n) is 2.96. The number of carbonyl (C=O) groups excluding carboxylic acids is 2. The van der Waals surface area contributed by atoms with Crippen LogP contribution in [0.3, 0.4) is 0 Å². The van der Waals surface area contributed by atoms with E-state index in [2.05, 4.69) is 26.1 Å². The Morgan fingerprint density at radius 2 is 1.81 bits per heavy atom. The summed E-state index contributed by atoms with van der Waals surface area (Å²) >= 11 is 0. The second kappa shape index (κ2) is 4.44. The van der Waals surface area contributed by atoms with Crippen LogP contribution in [0.15, 0.2) is 0 Å². The summed E-state index contributed by atoms with van der Waals surface area (Å²) < 4.78 is 0. The lowest BCUT2D eigenvalue weighted by Crippen LogP contribution is -2.61. The minimum Gasteiger partial charge on any atom is -0.343 e. The van der Waals surface area contributed by atoms with Crippen molar-refractivity contribution in [2.45, 2.75) is 53.1 Å². The SMILES string of the molecule is CC1NC(=O)C(C)N(CCC(C)(C)C)C1=O. The van der Waals surface area contributed by atoms with E-state index in [1.54, 1.807) is 18.7 Å². The number of amides is 2. The van der Waals surface area contributed by atoms with E-state index in [1.807, 2.05) is 0 Å². The Balaban J connectivity index is 2.68. The number of hydrogen-bond donors (Lipinski definition) is 1. The van der Waals surface area contributed by atoms with Gasteiger partial charge in [0.2, 0.25) is 11.8 Å². The van der Waals surface area contributed by atoms with Crippen LogP contribution in [0, 0.1) is 5.41 Å². The van der Waals surface area contributed by atoms with E-state index in [9.17, 15) is 9.59 Å². The van der Waals surface area contributed by atoms with Gasteiger partial charge in [-0.05, 0) is 25.7 Å². The number of piperazine rings is 1. The molecular weight excluding hydrogens is 204 g/mol. The molecule has 16 heavy (non-hydrogen) atoms. The molecule has 1 aliphatic rings. The van der Waals surface area contributed by atoms with E-state index < -0.39 is 0 Å². The van der Waals surface area contributed by atoms with Crippen LogP contribution in [0.2, 0.25) is 0 Å². The van der Waals surface area contributed by atoms with Crippen LogP contribution in [0.25, 0.3) is 0 Å². The monoisotopic (exact) mass is 226 g/mol. The Hall–Kier alpha value is -1.06. The molecule has 4 nitrogen and oxygen atoms in total. The van der Waals surface area contributed by atoms with E-state index >= 15 is 0 Å². The van der Waals surface area contributed by atoms with Crippen molar-refractivity contribution in [3.05, 3.63) is 0 Å². The van der Waals surface area contributed by atoms with Gasteiger partial charge in [-0.15, -0.1) is 0 Å². The molecule has 0 bridgehead atoms. The Bertz CT molecular complexity index is 294. The van der Waals surface area contributed by atoms with Crippen molar-refractivity contribution >= 4 is 11.8 Å². The summed E-state index contributed by atoms with van der Waals surface area (Å²) in [5, 5.41) is 2.68. The van der Waals surface area contributed by atoms with Crippen molar-refractivity contribution in [3.8, 4) is 0 Å². The minimum absolute atomic E-state index is 0.0244. The Labute approximate surface area is 97.4 Å². The standard InChI is InChI=1S/C12H22N2O2/c1-8-11(16)14(7-6-12(3,4)5)9(2)10(15)13-8/h8-9H,6-7H2,1-5H3,(H,13,15). The molecule has 0 aliphatic carbocycles. The summed E-state index contributed by atoms with van der Waals surface area (Å²) in [6.45, 7) is 10.6. The first kappa shape index (κ1) is 13.0. The molecule has 2 unspecified atom stereocenters. The molecular formula is C12H22N2O2. The first-order valence-corrected chi connectivity index (χ1v) is 5.83. The lowest BCUT2D eigenvalue weighted by molar-refractivity contribution is -0.148. The van der Waals surface area contributed by atoms with Crippen molar-refractivity contribution < 1.29 is 9.59 Å². The maximum absolute atomic E-state index is 11.9. The van der Waals surface area contributed by atoms with Crippen LogP contribution < -0.4 is 5.32 Å². The lowest BCUT2D eigenvalue weighted by atomic mass is 9.91. The predicted molar refractivity (Wildman–Crippen MR) is 62.9 cm³/mol. The molecule has 0 aromatic rings. The molecule has 0 radical (unpaired) electrons. The van der Waals surface area contributed by atoms with Crippen molar-refractivity contribution in [2.75, 3.05) is 6.54 Å². The average Bonchev–Trinajstić information content (AvgIpc) is 2.13. The van der Waals surface area contributed by atoms with E-state index in [0.29, 0.717) is 6.54 Å². The van der Waals surface area contributed by atoms with E-state index in [1.165, 1.54) is 0 Å². The van der Waals surface area contributed by atoms with E-state index in [0.717, 1.165) is 6.42 Å². The number of carbonyl (C=O) groups is 2. The van der Waals surface area contributed by atoms with Crippen LogP contribution in [0.5, 0.6) is 0 Å². The predicted octanol–water partition coefficient (Wildman–Crippen LogP) is 1.16. The quantitative estimate of drug-likeness (QED) is 0.768. The molecule has 1 saturated heterocycles. The molecule has 2 atom stereocenters. The third kappa shape index (κ3) is 2.97. The average molecular weight is 226 g/mol. The van der Waals surface area contributed by atoms with Gasteiger partial charge in [0.25, 0.3) is 0 Å². The molecule has 0 aromatic carbocycles. The number of nitrogens with one attached hydrogen (secondary N) is 1. The van der Waals surface area contributed by atoms with Crippen LogP contribution >= 0.6 is 0 Å². The molecule has 0 saturated carbocycles. The van der Waals surface area contributed by atoms with Crippen molar-refractivity contribution in [1.82, 2.24) is 10.2 Å². The number of nitrogens with zero attached hydrogens (tertiary/aromatic N) is 1. The van der Waals surface area contributed by atoms with Gasteiger partial charge >= 0.3 is 0 Å². The van der Waals surface area contributed by atoms with Gasteiger partial charge in [0.15, 0.2) is 0 Å². The van der Waals surface area contributed by atoms with Gasteiger partial charge in [-0.1, -0.05) is 20.8 Å². The van der Waals surface area contributed by atoms with Crippen molar-refractivity contribution in [2.24, 2.45) is 5.41 Å². The second-order valence-electron chi connectivity index (χ2n) is 5.75. The molecule has 0 spiro atoms. The maximum Gasteiger partial charge on any atom is 0.245 e. The first-order chi connectivity index (χ1) is 7.22. The normalized spacial score (nSPS) is 26.9. The maximum atomic E-state index is 11.9. The zero-order valence-electron chi connectivity index (χ0n) is 10.8. The zero-order chi connectivity index (χ0) is 12.5. The summed E-state index contributed by atoms with van der Waals surface area (Å²) in [5.74, 6) is -0.0302. The zero-order valence-corrected chi connectivity index (χ0v) is 10.8. The summed E-state index contributed by atoms with van der Waals surface area (Å²) in [6, 6.07) is -0.727. The Kier molecular flexibility index (Phi) is 3.61. The summed E-state index contributed by atoms with van der Waals surface area (Å²) in [4.78, 5) is 25.2. The fourth-order valence-corrected chi connectivity index (χ4v) is 1.74. The van der Waals surface area contributed by atoms with Crippen molar-refractivity contribution in [3.63, 3.8) is 0 Å². The van der Waals surface area contributed by atoms with Crippen LogP contribution in [-0.4, -0.2) is 35.3 Å². The van der Waals surface area contributed by atoms with Crippen LogP contribution in [-0.2, 0) is 9.59 Å². The van der Waals surface area contributed by atoms with Gasteiger partial charge in [-0.2, -0.15) is 0 Å². The lowest BCUT2D eigenvalue weighted by Gasteiger charge is -2.37. The third-order valence-corrected chi connectivity index (χ3v) is 2.96. The van der Waals surface area contributed by atoms with Crippen LogP contribution in [0.1, 0.15) is 41.0 Å². The highest BCUT2D eigenvalue weighted by Gasteiger charge is 2.35. The molecule has 1 aliphatic heterocycles. The molecule has 1 rings (SSSR count). The summed E-state index contributed by atoms with van der Waals surface area (Å²) in [5.41, 5.74) is 0.178. The molecule has 92 valence electrons. The van der Waals surface area contributed by atoms with Crippen molar-refractivity contribution in [1.29, 1.82) is 0 Å². The van der Waals surface area contributed by atoms with Gasteiger partial charge < -0.3 is 10.2 Å². The van der Waals surface area contributed by atoms with Gasteiger partial charge in [-0.3, -0.25) is 9.59 Å². The van der Waals surface area contributed by atoms with Gasteiger partial charge in [-0.25, -0.2) is 0 Å². The number of hydrogen-bond acceptors (Lipinski definition) is 2. The highest BCUT2D eigenvalue weighted by atomic mass is 16.2. The van der Waals surface area contributed by atoms with Gasteiger partial charge in [0.1, 0.15) is 12.1 Å². The Morgan fingerprint density at radius 3 is 2.31 bits per heavy atom. The summed E-state index contributed by atoms with van der Waals surface area (Å²) in [6.07, 6.45) is 0.906. The van der Waals surface area contributed by atoms with E-state index in [-0.39, 0.29) is 29.3 Å². The topological polar surface area (TPSA) is 49.4 Å². The Morgan fingerprint density at radius 1 is 1.25 bits per heavy atom. The van der Waals surface area contributed by atoms with Gasteiger partial charge in [0.05, 0.1) is 0 Å². The minimum atomic E-state index is -0.385. The number of rotatable bonds is 2. The highest BCUT2D eigenvalue weighted by Crippen LogP contribution is 2.21. The summed E-state index contributed by atoms with van der Waals surface area (Å²) in [7, 11) is 0. The second-order valence-corrected chi connectivity index (χ2v) is 5.75. The fourth-order valence-electron chi connectivity index (χ4n) is 1.74. The van der Waals surface area contributed by atoms with E-state index in [4.69, 9.17) is 0 Å². The first-order valence-electron chi connectivity index (χ1n) is 5.83. The molecule has 1 N–H and O–H groups in total. The smallest absolute Gasteiger partial charge is 0.245 e.